The van der Waals surface area contributed by atoms with Crippen LogP contribution >= 0.6 is 0 Å². The molecule has 3 nitrogen and oxygen atoms in total. The SMILES string of the molecule is CCCCCCCCc1ccc(-c2ccc(C(=O)Oc3ccc(C=N[C@@H](C)Cc4ccccc4)cc3)cc2)cc1. The molecule has 0 aliphatic heterocycles. The molecule has 4 rings (SSSR count). The van der Waals surface area contributed by atoms with Gasteiger partial charge in [-0.2, -0.15) is 0 Å². The Morgan fingerprint density at radius 2 is 1.35 bits per heavy atom. The summed E-state index contributed by atoms with van der Waals surface area (Å²) in [7, 11) is 0. The smallest absolute Gasteiger partial charge is 0.343 e. The number of benzene rings is 4. The van der Waals surface area contributed by atoms with E-state index in [-0.39, 0.29) is 12.0 Å². The first-order chi connectivity index (χ1) is 19.6. The molecule has 0 saturated heterocycles. The second kappa shape index (κ2) is 15.6. The van der Waals surface area contributed by atoms with E-state index >= 15 is 0 Å². The zero-order valence-electron chi connectivity index (χ0n) is 23.9. The molecule has 3 heteroatoms. The molecule has 0 aliphatic rings. The number of carbonyl (C=O) groups is 1. The van der Waals surface area contributed by atoms with Gasteiger partial charge in [0, 0.05) is 6.21 Å². The number of unbranched alkanes of at least 4 members (excludes halogenated alkanes) is 5. The number of ether oxygens (including phenoxy) is 1. The van der Waals surface area contributed by atoms with Crippen LogP contribution in [-0.4, -0.2) is 18.2 Å². The van der Waals surface area contributed by atoms with Crippen molar-refractivity contribution in [3.63, 3.8) is 0 Å². The zero-order chi connectivity index (χ0) is 28.0. The number of esters is 1. The summed E-state index contributed by atoms with van der Waals surface area (Å²) >= 11 is 0. The summed E-state index contributed by atoms with van der Waals surface area (Å²) in [6.45, 7) is 4.37. The molecule has 0 bridgehead atoms. The summed E-state index contributed by atoms with van der Waals surface area (Å²) in [4.78, 5) is 17.4. The van der Waals surface area contributed by atoms with E-state index in [1.54, 1.807) is 0 Å². The fourth-order valence-corrected chi connectivity index (χ4v) is 4.78. The van der Waals surface area contributed by atoms with Crippen molar-refractivity contribution < 1.29 is 9.53 Å². The quantitative estimate of drug-likeness (QED) is 0.0703. The number of aliphatic imine (C=N–C) groups is 1. The fourth-order valence-electron chi connectivity index (χ4n) is 4.78. The van der Waals surface area contributed by atoms with Gasteiger partial charge in [0.05, 0.1) is 11.6 Å². The van der Waals surface area contributed by atoms with E-state index in [1.807, 2.05) is 60.8 Å². The Balaban J connectivity index is 1.25. The number of nitrogens with zero attached hydrogens (tertiary/aromatic N) is 1. The predicted octanol–water partition coefficient (Wildman–Crippen LogP) is 9.53. The van der Waals surface area contributed by atoms with Crippen molar-refractivity contribution in [1.29, 1.82) is 0 Å². The summed E-state index contributed by atoms with van der Waals surface area (Å²) in [6, 6.07) is 34.4. The standard InChI is InChI=1S/C37H41NO2/c1-3-4-5-6-7-9-12-30-15-19-33(20-16-30)34-21-23-35(24-22-34)37(39)40-36-25-17-32(18-26-36)28-38-29(2)27-31-13-10-8-11-14-31/h8,10-11,13-26,28-29H,3-7,9,12,27H2,1-2H3/t29-/m0/s1. The van der Waals surface area contributed by atoms with Gasteiger partial charge in [0.2, 0.25) is 0 Å². The highest BCUT2D eigenvalue weighted by Gasteiger charge is 2.09. The highest BCUT2D eigenvalue weighted by molar-refractivity contribution is 5.91. The topological polar surface area (TPSA) is 38.7 Å². The third-order valence-corrected chi connectivity index (χ3v) is 7.17. The first-order valence-electron chi connectivity index (χ1n) is 14.7. The average molecular weight is 532 g/mol. The van der Waals surface area contributed by atoms with Gasteiger partial charge in [0.25, 0.3) is 0 Å². The lowest BCUT2D eigenvalue weighted by Crippen LogP contribution is -2.08. The second-order valence-corrected chi connectivity index (χ2v) is 10.6. The van der Waals surface area contributed by atoms with E-state index in [2.05, 4.69) is 67.4 Å². The van der Waals surface area contributed by atoms with Crippen LogP contribution in [0.2, 0.25) is 0 Å². The minimum Gasteiger partial charge on any atom is -0.423 e. The molecule has 0 spiro atoms. The normalized spacial score (nSPS) is 11.9. The lowest BCUT2D eigenvalue weighted by molar-refractivity contribution is 0.0735. The van der Waals surface area contributed by atoms with E-state index in [0.717, 1.165) is 29.5 Å². The van der Waals surface area contributed by atoms with Gasteiger partial charge in [-0.1, -0.05) is 106 Å². The Kier molecular flexibility index (Phi) is 11.3. The van der Waals surface area contributed by atoms with Crippen LogP contribution in [-0.2, 0) is 12.8 Å². The minimum atomic E-state index is -0.362. The third-order valence-electron chi connectivity index (χ3n) is 7.17. The molecule has 0 saturated carbocycles. The lowest BCUT2D eigenvalue weighted by Gasteiger charge is -2.08. The van der Waals surface area contributed by atoms with Gasteiger partial charge >= 0.3 is 5.97 Å². The molecule has 4 aromatic carbocycles. The predicted molar refractivity (Wildman–Crippen MR) is 168 cm³/mol. The van der Waals surface area contributed by atoms with Crippen LogP contribution in [0.1, 0.15) is 79.4 Å². The molecule has 4 aromatic rings. The molecular weight excluding hydrogens is 490 g/mol. The van der Waals surface area contributed by atoms with Gasteiger partial charge in [0.1, 0.15) is 5.75 Å². The largest absolute Gasteiger partial charge is 0.423 e. The van der Waals surface area contributed by atoms with E-state index in [9.17, 15) is 4.79 Å². The van der Waals surface area contributed by atoms with Gasteiger partial charge in [-0.3, -0.25) is 4.99 Å². The molecule has 1 atom stereocenters. The van der Waals surface area contributed by atoms with Crippen molar-refractivity contribution in [1.82, 2.24) is 0 Å². The molecule has 206 valence electrons. The maximum absolute atomic E-state index is 12.7. The Bertz CT molecular complexity index is 1320. The van der Waals surface area contributed by atoms with Crippen molar-refractivity contribution in [2.24, 2.45) is 4.99 Å². The molecule has 0 fully saturated rings. The van der Waals surface area contributed by atoms with Crippen molar-refractivity contribution in [3.8, 4) is 16.9 Å². The first-order valence-corrected chi connectivity index (χ1v) is 14.7. The fraction of sp³-hybridized carbons (Fsp3) is 0.297. The molecule has 0 N–H and O–H groups in total. The highest BCUT2D eigenvalue weighted by Crippen LogP contribution is 2.22. The minimum absolute atomic E-state index is 0.186. The molecular formula is C37H41NO2. The maximum atomic E-state index is 12.7. The number of hydrogen-bond donors (Lipinski definition) is 0. The first kappa shape index (κ1) is 29.0. The van der Waals surface area contributed by atoms with Crippen molar-refractivity contribution in [2.45, 2.75) is 71.3 Å². The van der Waals surface area contributed by atoms with Crippen LogP contribution in [0.15, 0.2) is 108 Å². The number of rotatable bonds is 14. The summed E-state index contributed by atoms with van der Waals surface area (Å²) < 4.78 is 5.61. The average Bonchev–Trinajstić information content (AvgIpc) is 2.99. The number of carbonyl (C=O) groups excluding carboxylic acids is 1. The summed E-state index contributed by atoms with van der Waals surface area (Å²) in [5.74, 6) is 0.156. The van der Waals surface area contributed by atoms with E-state index in [0.29, 0.717) is 11.3 Å². The maximum Gasteiger partial charge on any atom is 0.343 e. The lowest BCUT2D eigenvalue weighted by atomic mass is 10.00. The number of aryl methyl sites for hydroxylation is 1. The van der Waals surface area contributed by atoms with E-state index < -0.39 is 0 Å². The Hall–Kier alpha value is -3.98. The van der Waals surface area contributed by atoms with Crippen LogP contribution in [0.3, 0.4) is 0 Å². The summed E-state index contributed by atoms with van der Waals surface area (Å²) in [5, 5.41) is 0. The molecule has 0 aromatic heterocycles. The van der Waals surface area contributed by atoms with Crippen LogP contribution in [0.4, 0.5) is 0 Å². The molecule has 0 amide bonds. The Morgan fingerprint density at radius 1 is 0.725 bits per heavy atom. The summed E-state index contributed by atoms with van der Waals surface area (Å²) in [6.07, 6.45) is 11.8. The molecule has 0 unspecified atom stereocenters. The van der Waals surface area contributed by atoms with Crippen molar-refractivity contribution in [2.75, 3.05) is 0 Å². The van der Waals surface area contributed by atoms with Crippen molar-refractivity contribution in [3.05, 3.63) is 125 Å². The van der Waals surface area contributed by atoms with Crippen LogP contribution in [0.25, 0.3) is 11.1 Å². The third kappa shape index (κ3) is 9.34. The van der Waals surface area contributed by atoms with Crippen LogP contribution < -0.4 is 4.74 Å². The van der Waals surface area contributed by atoms with Gasteiger partial charge in [0.15, 0.2) is 0 Å². The molecule has 40 heavy (non-hydrogen) atoms. The molecule has 0 radical (unpaired) electrons. The zero-order valence-corrected chi connectivity index (χ0v) is 23.9. The highest BCUT2D eigenvalue weighted by atomic mass is 16.5. The van der Waals surface area contributed by atoms with Crippen LogP contribution in [0, 0.1) is 0 Å². The molecule has 0 heterocycles. The van der Waals surface area contributed by atoms with Crippen molar-refractivity contribution >= 4 is 12.2 Å². The second-order valence-electron chi connectivity index (χ2n) is 10.6. The van der Waals surface area contributed by atoms with E-state index in [1.165, 1.54) is 49.7 Å². The van der Waals surface area contributed by atoms with Gasteiger partial charge < -0.3 is 4.74 Å². The van der Waals surface area contributed by atoms with Crippen LogP contribution in [0.5, 0.6) is 5.75 Å². The molecule has 0 aliphatic carbocycles. The number of hydrogen-bond acceptors (Lipinski definition) is 3. The van der Waals surface area contributed by atoms with Gasteiger partial charge in [-0.05, 0) is 90.4 Å². The Labute approximate surface area is 240 Å². The summed E-state index contributed by atoms with van der Waals surface area (Å²) in [5.41, 5.74) is 6.42. The van der Waals surface area contributed by atoms with Gasteiger partial charge in [-0.15, -0.1) is 0 Å². The monoisotopic (exact) mass is 531 g/mol. The van der Waals surface area contributed by atoms with Gasteiger partial charge in [-0.25, -0.2) is 4.79 Å². The van der Waals surface area contributed by atoms with E-state index in [4.69, 9.17) is 4.74 Å². The Morgan fingerprint density at radius 3 is 2.02 bits per heavy atom.